The molecule has 1 aromatic carbocycles. The van der Waals surface area contributed by atoms with E-state index in [1.165, 1.54) is 0 Å². The number of benzene rings is 1. The monoisotopic (exact) mass is 328 g/mol. The van der Waals surface area contributed by atoms with Crippen molar-refractivity contribution in [2.75, 3.05) is 20.2 Å². The van der Waals surface area contributed by atoms with Gasteiger partial charge in [-0.15, -0.1) is 5.10 Å². The van der Waals surface area contributed by atoms with Gasteiger partial charge in [0.15, 0.2) is 0 Å². The van der Waals surface area contributed by atoms with Gasteiger partial charge in [0.05, 0.1) is 43.3 Å². The third kappa shape index (κ3) is 2.36. The summed E-state index contributed by atoms with van der Waals surface area (Å²) in [6.45, 7) is 3.70. The highest BCUT2D eigenvalue weighted by Crippen LogP contribution is 2.32. The van der Waals surface area contributed by atoms with Crippen LogP contribution >= 0.6 is 0 Å². The number of hydrogen-bond donors (Lipinski definition) is 0. The number of likely N-dealkylation sites (tertiary alicyclic amines) is 1. The number of hydrogen-bond acceptors (Lipinski definition) is 5. The number of aromatic nitrogens is 3. The van der Waals surface area contributed by atoms with Gasteiger partial charge in [0.1, 0.15) is 5.75 Å². The number of amides is 1. The second-order valence-electron chi connectivity index (χ2n) is 6.28. The third-order valence-electron chi connectivity index (χ3n) is 4.88. The topological polar surface area (TPSA) is 69.5 Å². The molecule has 3 heterocycles. The number of ether oxygens (including phenoxy) is 2. The quantitative estimate of drug-likeness (QED) is 0.837. The maximum Gasteiger partial charge on any atom is 0.257 e. The van der Waals surface area contributed by atoms with Crippen molar-refractivity contribution >= 4 is 5.91 Å². The summed E-state index contributed by atoms with van der Waals surface area (Å²) >= 11 is 0. The first kappa shape index (κ1) is 15.1. The van der Waals surface area contributed by atoms with Crippen molar-refractivity contribution < 1.29 is 14.3 Å². The second kappa shape index (κ2) is 5.90. The van der Waals surface area contributed by atoms with E-state index in [9.17, 15) is 4.79 Å². The Balaban J connectivity index is 1.62. The van der Waals surface area contributed by atoms with Crippen molar-refractivity contribution in [3.05, 3.63) is 41.2 Å². The summed E-state index contributed by atoms with van der Waals surface area (Å²) in [5.74, 6) is 0.610. The average molecular weight is 328 g/mol. The highest BCUT2D eigenvalue weighted by molar-refractivity contribution is 5.98. The van der Waals surface area contributed by atoms with Crippen molar-refractivity contribution in [3.8, 4) is 5.75 Å². The van der Waals surface area contributed by atoms with Crippen LogP contribution in [-0.2, 0) is 11.3 Å². The highest BCUT2D eigenvalue weighted by atomic mass is 16.5. The SMILES string of the molecule is COc1cccc(C)c1C(=O)N1CC[C@@H]2OCc3cnnn3[C@@H]2C1. The maximum atomic E-state index is 13.1. The normalized spacial score (nSPS) is 22.7. The molecular formula is C17H20N4O3. The predicted octanol–water partition coefficient (Wildman–Crippen LogP) is 1.58. The summed E-state index contributed by atoms with van der Waals surface area (Å²) in [5.41, 5.74) is 2.51. The molecule has 1 amide bonds. The molecule has 0 radical (unpaired) electrons. The molecule has 0 saturated carbocycles. The zero-order valence-electron chi connectivity index (χ0n) is 13.8. The van der Waals surface area contributed by atoms with Gasteiger partial charge in [-0.1, -0.05) is 17.3 Å². The van der Waals surface area contributed by atoms with Crippen LogP contribution in [0, 0.1) is 6.92 Å². The molecule has 1 fully saturated rings. The summed E-state index contributed by atoms with van der Waals surface area (Å²) in [6.07, 6.45) is 2.60. The molecule has 1 saturated heterocycles. The Morgan fingerprint density at radius 1 is 1.42 bits per heavy atom. The van der Waals surface area contributed by atoms with E-state index in [-0.39, 0.29) is 18.1 Å². The number of piperidine rings is 1. The molecule has 2 aromatic rings. The third-order valence-corrected chi connectivity index (χ3v) is 4.88. The molecule has 0 bridgehead atoms. The van der Waals surface area contributed by atoms with Crippen molar-refractivity contribution in [2.24, 2.45) is 0 Å². The maximum absolute atomic E-state index is 13.1. The van der Waals surface area contributed by atoms with Crippen molar-refractivity contribution in [1.82, 2.24) is 19.9 Å². The van der Waals surface area contributed by atoms with Gasteiger partial charge in [-0.05, 0) is 25.0 Å². The summed E-state index contributed by atoms with van der Waals surface area (Å²) in [7, 11) is 1.59. The second-order valence-corrected chi connectivity index (χ2v) is 6.28. The van der Waals surface area contributed by atoms with E-state index in [0.29, 0.717) is 31.0 Å². The van der Waals surface area contributed by atoms with E-state index < -0.39 is 0 Å². The highest BCUT2D eigenvalue weighted by Gasteiger charge is 2.38. The van der Waals surface area contributed by atoms with E-state index >= 15 is 0 Å². The Morgan fingerprint density at radius 2 is 2.29 bits per heavy atom. The van der Waals surface area contributed by atoms with Gasteiger partial charge in [0, 0.05) is 13.1 Å². The molecule has 7 heteroatoms. The first-order chi connectivity index (χ1) is 11.7. The number of rotatable bonds is 2. The molecule has 0 aliphatic carbocycles. The number of carbonyl (C=O) groups is 1. The smallest absolute Gasteiger partial charge is 0.257 e. The molecule has 0 unspecified atom stereocenters. The fraction of sp³-hybridized carbons (Fsp3) is 0.471. The predicted molar refractivity (Wildman–Crippen MR) is 85.9 cm³/mol. The molecule has 7 nitrogen and oxygen atoms in total. The minimum Gasteiger partial charge on any atom is -0.496 e. The number of nitrogens with zero attached hydrogens (tertiary/aromatic N) is 4. The molecular weight excluding hydrogens is 308 g/mol. The lowest BCUT2D eigenvalue weighted by Crippen LogP contribution is -2.50. The first-order valence-corrected chi connectivity index (χ1v) is 8.12. The van der Waals surface area contributed by atoms with Gasteiger partial charge in [0.2, 0.25) is 0 Å². The summed E-state index contributed by atoms with van der Waals surface area (Å²) < 4.78 is 13.2. The largest absolute Gasteiger partial charge is 0.496 e. The zero-order chi connectivity index (χ0) is 16.7. The molecule has 126 valence electrons. The van der Waals surface area contributed by atoms with Gasteiger partial charge in [-0.3, -0.25) is 4.79 Å². The minimum absolute atomic E-state index is 0.00404. The zero-order valence-corrected chi connectivity index (χ0v) is 13.8. The summed E-state index contributed by atoms with van der Waals surface area (Å²) in [5, 5.41) is 8.16. The molecule has 24 heavy (non-hydrogen) atoms. The van der Waals surface area contributed by atoms with Crippen LogP contribution in [0.4, 0.5) is 0 Å². The van der Waals surface area contributed by atoms with Gasteiger partial charge in [0.25, 0.3) is 5.91 Å². The van der Waals surface area contributed by atoms with E-state index in [2.05, 4.69) is 10.3 Å². The minimum atomic E-state index is -0.00404. The van der Waals surface area contributed by atoms with Crippen LogP contribution < -0.4 is 4.74 Å². The summed E-state index contributed by atoms with van der Waals surface area (Å²) in [6, 6.07) is 5.67. The van der Waals surface area contributed by atoms with Crippen LogP contribution in [0.2, 0.25) is 0 Å². The molecule has 1 aromatic heterocycles. The van der Waals surface area contributed by atoms with Crippen LogP contribution in [0.1, 0.15) is 34.1 Å². The number of aryl methyl sites for hydroxylation is 1. The van der Waals surface area contributed by atoms with Crippen molar-refractivity contribution in [3.63, 3.8) is 0 Å². The van der Waals surface area contributed by atoms with E-state index in [1.54, 1.807) is 13.3 Å². The number of carbonyl (C=O) groups excluding carboxylic acids is 1. The molecule has 0 spiro atoms. The standard InChI is InChI=1S/C17H20N4O3/c1-11-4-3-5-15(23-2)16(11)17(22)20-7-6-14-13(9-20)21-12(10-24-14)8-18-19-21/h3-5,8,13-14H,6-7,9-10H2,1-2H3/t13-,14+/m1/s1. The Bertz CT molecular complexity index is 773. The molecule has 2 atom stereocenters. The van der Waals surface area contributed by atoms with Crippen LogP contribution in [0.5, 0.6) is 5.75 Å². The fourth-order valence-electron chi connectivity index (χ4n) is 3.61. The van der Waals surface area contributed by atoms with E-state index in [4.69, 9.17) is 9.47 Å². The van der Waals surface area contributed by atoms with Crippen molar-refractivity contribution in [2.45, 2.75) is 32.1 Å². The molecule has 2 aliphatic heterocycles. The van der Waals surface area contributed by atoms with E-state index in [1.807, 2.05) is 34.7 Å². The Morgan fingerprint density at radius 3 is 3.12 bits per heavy atom. The lowest BCUT2D eigenvalue weighted by atomic mass is 9.98. The Hall–Kier alpha value is -2.41. The molecule has 2 aliphatic rings. The van der Waals surface area contributed by atoms with Crippen LogP contribution in [0.15, 0.2) is 24.4 Å². The van der Waals surface area contributed by atoms with Gasteiger partial charge in [-0.25, -0.2) is 4.68 Å². The summed E-state index contributed by atoms with van der Waals surface area (Å²) in [4.78, 5) is 15.0. The van der Waals surface area contributed by atoms with E-state index in [0.717, 1.165) is 17.7 Å². The van der Waals surface area contributed by atoms with Crippen molar-refractivity contribution in [1.29, 1.82) is 0 Å². The van der Waals surface area contributed by atoms with Gasteiger partial charge < -0.3 is 14.4 Å². The molecule has 4 rings (SSSR count). The lowest BCUT2D eigenvalue weighted by molar-refractivity contribution is -0.0605. The molecule has 0 N–H and O–H groups in total. The Kier molecular flexibility index (Phi) is 3.72. The van der Waals surface area contributed by atoms with Gasteiger partial charge >= 0.3 is 0 Å². The number of fused-ring (bicyclic) bond motifs is 3. The fourth-order valence-corrected chi connectivity index (χ4v) is 3.61. The average Bonchev–Trinajstić information content (AvgIpc) is 3.09. The van der Waals surface area contributed by atoms with Crippen LogP contribution in [0.3, 0.4) is 0 Å². The van der Waals surface area contributed by atoms with Gasteiger partial charge in [-0.2, -0.15) is 0 Å². The first-order valence-electron chi connectivity index (χ1n) is 8.12. The lowest BCUT2D eigenvalue weighted by Gasteiger charge is -2.41. The van der Waals surface area contributed by atoms with Crippen LogP contribution in [0.25, 0.3) is 0 Å². The number of methoxy groups -OCH3 is 1. The van der Waals surface area contributed by atoms with Crippen LogP contribution in [-0.4, -0.2) is 52.1 Å². The Labute approximate surface area is 140 Å².